The molecule has 0 spiro atoms. The number of rotatable bonds is 7. The predicted molar refractivity (Wildman–Crippen MR) is 88.9 cm³/mol. The van der Waals surface area contributed by atoms with E-state index < -0.39 is 0 Å². The molecular weight excluding hydrogens is 294 g/mol. The largest absolute Gasteiger partial charge is 0.474 e. The third kappa shape index (κ3) is 6.52. The van der Waals surface area contributed by atoms with Crippen molar-refractivity contribution in [1.82, 2.24) is 10.2 Å². The average Bonchev–Trinajstić information content (AvgIpc) is 2.99. The summed E-state index contributed by atoms with van der Waals surface area (Å²) in [5.41, 5.74) is 1.08. The number of hydrogen-bond acceptors (Lipinski definition) is 5. The van der Waals surface area contributed by atoms with E-state index in [4.69, 9.17) is 9.57 Å². The second-order valence-corrected chi connectivity index (χ2v) is 5.60. The second-order valence-electron chi connectivity index (χ2n) is 5.60. The van der Waals surface area contributed by atoms with Gasteiger partial charge in [-0.15, -0.1) is 0 Å². The van der Waals surface area contributed by atoms with Crippen LogP contribution >= 0.6 is 0 Å². The first kappa shape index (κ1) is 17.0. The number of amides is 1. The molecule has 1 atom stereocenters. The smallest absolute Gasteiger partial charge is 0.243 e. The summed E-state index contributed by atoms with van der Waals surface area (Å²) in [5, 5.41) is 6.71. The predicted octanol–water partition coefficient (Wildman–Crippen LogP) is 1.54. The van der Waals surface area contributed by atoms with Gasteiger partial charge in [0.2, 0.25) is 11.8 Å². The van der Waals surface area contributed by atoms with Crippen molar-refractivity contribution in [3.05, 3.63) is 48.0 Å². The minimum atomic E-state index is -0.174. The maximum Gasteiger partial charge on any atom is 0.243 e. The highest BCUT2D eigenvalue weighted by molar-refractivity contribution is 5.87. The summed E-state index contributed by atoms with van der Waals surface area (Å²) in [6, 6.07) is 9.88. The molecule has 1 aliphatic rings. The zero-order valence-electron chi connectivity index (χ0n) is 13.6. The van der Waals surface area contributed by atoms with Gasteiger partial charge in [-0.25, -0.2) is 0 Å². The Morgan fingerprint density at radius 2 is 2.22 bits per heavy atom. The van der Waals surface area contributed by atoms with Crippen LogP contribution < -0.4 is 5.32 Å². The van der Waals surface area contributed by atoms with Crippen molar-refractivity contribution in [2.45, 2.75) is 19.1 Å². The quantitative estimate of drug-likeness (QED) is 0.775. The van der Waals surface area contributed by atoms with Gasteiger partial charge in [0.1, 0.15) is 6.61 Å². The summed E-state index contributed by atoms with van der Waals surface area (Å²) in [4.78, 5) is 18.9. The van der Waals surface area contributed by atoms with Crippen LogP contribution in [0.2, 0.25) is 0 Å². The lowest BCUT2D eigenvalue weighted by Crippen LogP contribution is -2.31. The Labute approximate surface area is 136 Å². The Hall–Kier alpha value is -2.34. The minimum Gasteiger partial charge on any atom is -0.474 e. The number of benzene rings is 1. The lowest BCUT2D eigenvalue weighted by molar-refractivity contribution is -0.117. The third-order valence-electron chi connectivity index (χ3n) is 3.20. The average molecular weight is 317 g/mol. The topological polar surface area (TPSA) is 63.2 Å². The molecule has 1 aromatic rings. The number of ether oxygens (including phenoxy) is 1. The highest BCUT2D eigenvalue weighted by atomic mass is 16.7. The fraction of sp³-hybridized carbons (Fsp3) is 0.412. The van der Waals surface area contributed by atoms with Crippen molar-refractivity contribution < 1.29 is 14.4 Å². The Balaban J connectivity index is 1.63. The normalized spacial score (nSPS) is 17.2. The van der Waals surface area contributed by atoms with E-state index in [1.165, 1.54) is 6.08 Å². The molecule has 1 N–H and O–H groups in total. The molecule has 0 fully saturated rings. The molecule has 0 aromatic heterocycles. The third-order valence-corrected chi connectivity index (χ3v) is 3.20. The second kappa shape index (κ2) is 8.95. The van der Waals surface area contributed by atoms with Gasteiger partial charge in [0.15, 0.2) is 6.10 Å². The van der Waals surface area contributed by atoms with E-state index in [0.29, 0.717) is 25.5 Å². The van der Waals surface area contributed by atoms with Crippen LogP contribution in [0.4, 0.5) is 0 Å². The van der Waals surface area contributed by atoms with Crippen LogP contribution in [0.1, 0.15) is 12.0 Å². The van der Waals surface area contributed by atoms with E-state index in [1.807, 2.05) is 55.4 Å². The molecule has 0 bridgehead atoms. The van der Waals surface area contributed by atoms with Gasteiger partial charge in [0.25, 0.3) is 0 Å². The number of likely N-dealkylation sites (N-methyl/N-ethyl adjacent to an activating group) is 1. The first-order valence-electron chi connectivity index (χ1n) is 7.62. The van der Waals surface area contributed by atoms with Crippen molar-refractivity contribution in [2.75, 3.05) is 27.2 Å². The van der Waals surface area contributed by atoms with Crippen LogP contribution in [0.5, 0.6) is 0 Å². The Kier molecular flexibility index (Phi) is 6.62. The first-order valence-corrected chi connectivity index (χ1v) is 7.62. The van der Waals surface area contributed by atoms with E-state index in [0.717, 1.165) is 12.1 Å². The molecule has 0 aliphatic carbocycles. The SMILES string of the molecule is CN(C)C/C=C/C(=O)NCC1CC(OCc2ccccc2)=NO1. The summed E-state index contributed by atoms with van der Waals surface area (Å²) in [7, 11) is 3.89. The van der Waals surface area contributed by atoms with Crippen LogP contribution in [0, 0.1) is 0 Å². The fourth-order valence-corrected chi connectivity index (χ4v) is 1.98. The highest BCUT2D eigenvalue weighted by Gasteiger charge is 2.22. The fourth-order valence-electron chi connectivity index (χ4n) is 1.98. The van der Waals surface area contributed by atoms with Gasteiger partial charge in [0, 0.05) is 12.6 Å². The van der Waals surface area contributed by atoms with Crippen LogP contribution in [0.3, 0.4) is 0 Å². The maximum atomic E-state index is 11.6. The van der Waals surface area contributed by atoms with Crippen LogP contribution in [-0.4, -0.2) is 50.0 Å². The van der Waals surface area contributed by atoms with Crippen molar-refractivity contribution in [3.63, 3.8) is 0 Å². The first-order chi connectivity index (χ1) is 11.1. The number of carbonyl (C=O) groups excluding carboxylic acids is 1. The Morgan fingerprint density at radius 3 is 2.96 bits per heavy atom. The van der Waals surface area contributed by atoms with E-state index in [9.17, 15) is 4.79 Å². The monoisotopic (exact) mass is 317 g/mol. The number of nitrogens with zero attached hydrogens (tertiary/aromatic N) is 2. The molecule has 6 heteroatoms. The van der Waals surface area contributed by atoms with Crippen molar-refractivity contribution in [3.8, 4) is 0 Å². The maximum absolute atomic E-state index is 11.6. The molecule has 2 rings (SSSR count). The van der Waals surface area contributed by atoms with E-state index in [1.54, 1.807) is 0 Å². The summed E-state index contributed by atoms with van der Waals surface area (Å²) >= 11 is 0. The van der Waals surface area contributed by atoms with E-state index in [-0.39, 0.29) is 12.0 Å². The Morgan fingerprint density at radius 1 is 1.43 bits per heavy atom. The van der Waals surface area contributed by atoms with Crippen LogP contribution in [0.15, 0.2) is 47.6 Å². The lowest BCUT2D eigenvalue weighted by Gasteiger charge is -2.08. The molecule has 0 saturated carbocycles. The van der Waals surface area contributed by atoms with E-state index >= 15 is 0 Å². The molecule has 124 valence electrons. The number of carbonyl (C=O) groups is 1. The molecular formula is C17H23N3O3. The molecule has 1 aliphatic heterocycles. The molecule has 1 aromatic carbocycles. The van der Waals surface area contributed by atoms with Gasteiger partial charge < -0.3 is 19.8 Å². The number of oxime groups is 1. The van der Waals surface area contributed by atoms with Gasteiger partial charge in [-0.1, -0.05) is 41.6 Å². The highest BCUT2D eigenvalue weighted by Crippen LogP contribution is 2.12. The Bertz CT molecular complexity index is 555. The zero-order chi connectivity index (χ0) is 16.5. The molecule has 0 radical (unpaired) electrons. The van der Waals surface area contributed by atoms with Gasteiger partial charge in [-0.3, -0.25) is 4.79 Å². The number of nitrogens with one attached hydrogen (secondary N) is 1. The molecule has 1 unspecified atom stereocenters. The minimum absolute atomic E-state index is 0.130. The van der Waals surface area contributed by atoms with Gasteiger partial charge in [-0.05, 0) is 19.7 Å². The zero-order valence-corrected chi connectivity index (χ0v) is 13.6. The lowest BCUT2D eigenvalue weighted by atomic mass is 10.2. The molecule has 1 amide bonds. The van der Waals surface area contributed by atoms with Gasteiger partial charge in [0.05, 0.1) is 13.0 Å². The van der Waals surface area contributed by atoms with Crippen molar-refractivity contribution in [1.29, 1.82) is 0 Å². The summed E-state index contributed by atoms with van der Waals surface area (Å²) in [6.45, 7) is 1.61. The molecule has 23 heavy (non-hydrogen) atoms. The van der Waals surface area contributed by atoms with E-state index in [2.05, 4.69) is 10.5 Å². The molecule has 1 heterocycles. The van der Waals surface area contributed by atoms with Crippen molar-refractivity contribution in [2.24, 2.45) is 5.16 Å². The standard InChI is InChI=1S/C17H23N3O3/c1-20(2)10-6-9-16(21)18-12-15-11-17(19-23-15)22-13-14-7-4-3-5-8-14/h3-9,15H,10-13H2,1-2H3,(H,18,21)/b9-6+. The summed E-state index contributed by atoms with van der Waals surface area (Å²) in [6.07, 6.45) is 3.74. The summed E-state index contributed by atoms with van der Waals surface area (Å²) < 4.78 is 5.61. The number of hydrogen-bond donors (Lipinski definition) is 1. The van der Waals surface area contributed by atoms with Crippen LogP contribution in [0.25, 0.3) is 0 Å². The van der Waals surface area contributed by atoms with Gasteiger partial charge in [-0.2, -0.15) is 0 Å². The molecule has 6 nitrogen and oxygen atoms in total. The van der Waals surface area contributed by atoms with Crippen molar-refractivity contribution >= 4 is 11.8 Å². The van der Waals surface area contributed by atoms with Gasteiger partial charge >= 0.3 is 0 Å². The molecule has 0 saturated heterocycles. The van der Waals surface area contributed by atoms with Crippen LogP contribution in [-0.2, 0) is 21.0 Å². The summed E-state index contributed by atoms with van der Waals surface area (Å²) in [5.74, 6) is 0.436.